The van der Waals surface area contributed by atoms with Crippen LogP contribution in [0.25, 0.3) is 0 Å². The molecule has 0 spiro atoms. The van der Waals surface area contributed by atoms with Crippen LogP contribution in [0.3, 0.4) is 0 Å². The summed E-state index contributed by atoms with van der Waals surface area (Å²) in [6.07, 6.45) is 2.18. The van der Waals surface area contributed by atoms with Crippen LogP contribution in [0.4, 0.5) is 5.69 Å². The fraction of sp³-hybridized carbons (Fsp3) is 0.611. The van der Waals surface area contributed by atoms with Crippen LogP contribution in [0.5, 0.6) is 0 Å². The average molecular weight is 291 g/mol. The summed E-state index contributed by atoms with van der Waals surface area (Å²) < 4.78 is 4.90. The van der Waals surface area contributed by atoms with Gasteiger partial charge in [0.2, 0.25) is 0 Å². The van der Waals surface area contributed by atoms with Crippen LogP contribution in [0, 0.1) is 18.8 Å². The second kappa shape index (κ2) is 8.06. The third-order valence-electron chi connectivity index (χ3n) is 3.45. The van der Waals surface area contributed by atoms with Crippen LogP contribution in [-0.2, 0) is 4.74 Å². The molecular weight excluding hydrogens is 262 g/mol. The van der Waals surface area contributed by atoms with Gasteiger partial charge >= 0.3 is 5.97 Å². The van der Waals surface area contributed by atoms with Crippen LogP contribution >= 0.6 is 0 Å². The Morgan fingerprint density at radius 3 is 2.19 bits per heavy atom. The van der Waals surface area contributed by atoms with Gasteiger partial charge in [-0.3, -0.25) is 0 Å². The maximum Gasteiger partial charge on any atom is 0.339 e. The summed E-state index contributed by atoms with van der Waals surface area (Å²) in [6, 6.07) is 6.26. The van der Waals surface area contributed by atoms with E-state index >= 15 is 0 Å². The number of methoxy groups -OCH3 is 1. The van der Waals surface area contributed by atoms with Crippen molar-refractivity contribution in [1.29, 1.82) is 0 Å². The molecule has 3 heteroatoms. The Kier molecular flexibility index (Phi) is 6.73. The Morgan fingerprint density at radius 2 is 1.71 bits per heavy atom. The molecule has 0 aromatic heterocycles. The zero-order valence-electron chi connectivity index (χ0n) is 14.2. The van der Waals surface area contributed by atoms with Crippen molar-refractivity contribution in [3.8, 4) is 0 Å². The molecular formula is C18H29NO2. The van der Waals surface area contributed by atoms with E-state index in [0.29, 0.717) is 23.4 Å². The van der Waals surface area contributed by atoms with Gasteiger partial charge in [-0.2, -0.15) is 0 Å². The number of hydrogen-bond donors (Lipinski definition) is 1. The Bertz CT molecular complexity index is 456. The average Bonchev–Trinajstić information content (AvgIpc) is 2.38. The first-order chi connectivity index (χ1) is 9.83. The first-order valence-corrected chi connectivity index (χ1v) is 7.79. The van der Waals surface area contributed by atoms with Crippen molar-refractivity contribution < 1.29 is 9.53 Å². The third-order valence-corrected chi connectivity index (χ3v) is 3.45. The largest absolute Gasteiger partial charge is 0.465 e. The molecule has 1 aromatic carbocycles. The van der Waals surface area contributed by atoms with E-state index in [-0.39, 0.29) is 5.97 Å². The summed E-state index contributed by atoms with van der Waals surface area (Å²) in [6.45, 7) is 10.9. The summed E-state index contributed by atoms with van der Waals surface area (Å²) in [5.41, 5.74) is 2.55. The van der Waals surface area contributed by atoms with Gasteiger partial charge in [0.25, 0.3) is 0 Å². The number of carbonyl (C=O) groups is 1. The Morgan fingerprint density at radius 1 is 1.14 bits per heavy atom. The molecule has 118 valence electrons. The molecule has 0 amide bonds. The summed E-state index contributed by atoms with van der Waals surface area (Å²) in [4.78, 5) is 12.0. The topological polar surface area (TPSA) is 38.3 Å². The van der Waals surface area contributed by atoms with E-state index in [1.165, 1.54) is 7.11 Å². The maximum atomic E-state index is 12.0. The smallest absolute Gasteiger partial charge is 0.339 e. The zero-order valence-corrected chi connectivity index (χ0v) is 14.2. The zero-order chi connectivity index (χ0) is 16.0. The van der Waals surface area contributed by atoms with Gasteiger partial charge in [0.1, 0.15) is 0 Å². The molecule has 0 saturated carbocycles. The van der Waals surface area contributed by atoms with Gasteiger partial charge in [0.15, 0.2) is 0 Å². The van der Waals surface area contributed by atoms with Crippen molar-refractivity contribution in [2.45, 2.75) is 53.5 Å². The number of nitrogens with one attached hydrogen (secondary N) is 1. The van der Waals surface area contributed by atoms with Gasteiger partial charge < -0.3 is 10.1 Å². The lowest BCUT2D eigenvalue weighted by Gasteiger charge is -2.24. The second-order valence-electron chi connectivity index (χ2n) is 6.64. The first-order valence-electron chi connectivity index (χ1n) is 7.79. The number of hydrogen-bond acceptors (Lipinski definition) is 3. The molecule has 0 bridgehead atoms. The quantitative estimate of drug-likeness (QED) is 0.743. The lowest BCUT2D eigenvalue weighted by atomic mass is 9.95. The first kappa shape index (κ1) is 17.5. The van der Waals surface area contributed by atoms with Crippen molar-refractivity contribution >= 4 is 11.7 Å². The molecule has 0 fully saturated rings. The van der Waals surface area contributed by atoms with Crippen LogP contribution in [0.2, 0.25) is 0 Å². The van der Waals surface area contributed by atoms with Crippen molar-refractivity contribution in [2.24, 2.45) is 11.8 Å². The number of benzene rings is 1. The molecule has 0 saturated heterocycles. The van der Waals surface area contributed by atoms with Crippen molar-refractivity contribution in [3.63, 3.8) is 0 Å². The molecule has 0 heterocycles. The summed E-state index contributed by atoms with van der Waals surface area (Å²) >= 11 is 0. The van der Waals surface area contributed by atoms with Crippen LogP contribution in [-0.4, -0.2) is 19.1 Å². The maximum absolute atomic E-state index is 12.0. The highest BCUT2D eigenvalue weighted by molar-refractivity contribution is 5.95. The van der Waals surface area contributed by atoms with Crippen LogP contribution in [0.15, 0.2) is 18.2 Å². The molecule has 0 unspecified atom stereocenters. The highest BCUT2D eigenvalue weighted by Gasteiger charge is 2.17. The summed E-state index contributed by atoms with van der Waals surface area (Å²) in [5, 5.41) is 3.55. The van der Waals surface area contributed by atoms with Crippen molar-refractivity contribution in [1.82, 2.24) is 0 Å². The molecule has 1 rings (SSSR count). The minimum atomic E-state index is -0.283. The minimum absolute atomic E-state index is 0.283. The number of rotatable bonds is 7. The number of carbonyl (C=O) groups excluding carboxylic acids is 1. The molecule has 1 aromatic rings. The number of ether oxygens (including phenoxy) is 1. The van der Waals surface area contributed by atoms with E-state index < -0.39 is 0 Å². The molecule has 0 aliphatic rings. The second-order valence-corrected chi connectivity index (χ2v) is 6.64. The van der Waals surface area contributed by atoms with Gasteiger partial charge in [-0.25, -0.2) is 4.79 Å². The van der Waals surface area contributed by atoms with E-state index in [4.69, 9.17) is 4.74 Å². The summed E-state index contributed by atoms with van der Waals surface area (Å²) in [7, 11) is 1.42. The van der Waals surface area contributed by atoms with Crippen molar-refractivity contribution in [2.75, 3.05) is 12.4 Å². The molecule has 0 aliphatic heterocycles. The standard InChI is InChI=1S/C18H29NO2/c1-12(2)9-15(10-13(3)4)19-17-8-7-14(5)11-16(17)18(20)21-6/h7-8,11-13,15,19H,9-10H2,1-6H3. The molecule has 0 atom stereocenters. The highest BCUT2D eigenvalue weighted by Crippen LogP contribution is 2.23. The Balaban J connectivity index is 2.99. The van der Waals surface area contributed by atoms with E-state index in [2.05, 4.69) is 33.0 Å². The predicted octanol–water partition coefficient (Wildman–Crippen LogP) is 4.65. The van der Waals surface area contributed by atoms with Crippen LogP contribution < -0.4 is 5.32 Å². The van der Waals surface area contributed by atoms with E-state index in [9.17, 15) is 4.79 Å². The van der Waals surface area contributed by atoms with Gasteiger partial charge in [0, 0.05) is 11.7 Å². The van der Waals surface area contributed by atoms with Crippen molar-refractivity contribution in [3.05, 3.63) is 29.3 Å². The summed E-state index contributed by atoms with van der Waals surface area (Å²) in [5.74, 6) is 0.954. The van der Waals surface area contributed by atoms with Gasteiger partial charge in [-0.1, -0.05) is 39.3 Å². The Labute approximate surface area is 129 Å². The normalized spacial score (nSPS) is 11.3. The number of anilines is 1. The Hall–Kier alpha value is -1.51. The van der Waals surface area contributed by atoms with E-state index in [1.807, 2.05) is 25.1 Å². The molecule has 0 aliphatic carbocycles. The predicted molar refractivity (Wildman–Crippen MR) is 88.8 cm³/mol. The highest BCUT2D eigenvalue weighted by atomic mass is 16.5. The minimum Gasteiger partial charge on any atom is -0.465 e. The third kappa shape index (κ3) is 5.78. The fourth-order valence-corrected chi connectivity index (χ4v) is 2.63. The molecule has 1 N–H and O–H groups in total. The number of esters is 1. The molecule has 0 radical (unpaired) electrons. The monoisotopic (exact) mass is 291 g/mol. The lowest BCUT2D eigenvalue weighted by Crippen LogP contribution is -2.25. The van der Waals surface area contributed by atoms with Crippen LogP contribution in [0.1, 0.15) is 56.5 Å². The lowest BCUT2D eigenvalue weighted by molar-refractivity contribution is 0.0601. The van der Waals surface area contributed by atoms with E-state index in [0.717, 1.165) is 24.1 Å². The van der Waals surface area contributed by atoms with Gasteiger partial charge in [-0.15, -0.1) is 0 Å². The van der Waals surface area contributed by atoms with E-state index in [1.54, 1.807) is 0 Å². The fourth-order valence-electron chi connectivity index (χ4n) is 2.63. The van der Waals surface area contributed by atoms with Gasteiger partial charge in [0.05, 0.1) is 12.7 Å². The molecule has 3 nitrogen and oxygen atoms in total. The van der Waals surface area contributed by atoms with Gasteiger partial charge in [-0.05, 0) is 43.7 Å². The molecule has 21 heavy (non-hydrogen) atoms. The SMILES string of the molecule is COC(=O)c1cc(C)ccc1NC(CC(C)C)CC(C)C. The number of aryl methyl sites for hydroxylation is 1.